The number of aryl methyl sites for hydroxylation is 1. The van der Waals surface area contributed by atoms with Crippen LogP contribution in [-0.2, 0) is 17.6 Å². The van der Waals surface area contributed by atoms with Crippen LogP contribution in [0.2, 0.25) is 0 Å². The van der Waals surface area contributed by atoms with Gasteiger partial charge in [0.1, 0.15) is 0 Å². The van der Waals surface area contributed by atoms with Crippen LogP contribution in [0.3, 0.4) is 0 Å². The summed E-state index contributed by atoms with van der Waals surface area (Å²) in [5.41, 5.74) is 3.95. The van der Waals surface area contributed by atoms with Gasteiger partial charge in [0.2, 0.25) is 5.91 Å². The van der Waals surface area contributed by atoms with E-state index in [1.807, 2.05) is 52.3 Å². The Morgan fingerprint density at radius 2 is 1.65 bits per heavy atom. The molecule has 1 fully saturated rings. The second-order valence-corrected chi connectivity index (χ2v) is 8.36. The molecule has 6 heteroatoms. The van der Waals surface area contributed by atoms with E-state index in [-0.39, 0.29) is 11.9 Å². The lowest BCUT2D eigenvalue weighted by Crippen LogP contribution is -2.48. The van der Waals surface area contributed by atoms with Crippen LogP contribution in [0.15, 0.2) is 48.5 Å². The predicted octanol–water partition coefficient (Wildman–Crippen LogP) is 3.77. The number of fused-ring (bicyclic) bond motifs is 1. The molecular formula is C25H32N4O2. The van der Waals surface area contributed by atoms with E-state index in [1.165, 1.54) is 5.56 Å². The summed E-state index contributed by atoms with van der Waals surface area (Å²) < 4.78 is 0. The highest BCUT2D eigenvalue weighted by Gasteiger charge is 2.22. The van der Waals surface area contributed by atoms with Crippen molar-refractivity contribution in [1.29, 1.82) is 0 Å². The van der Waals surface area contributed by atoms with E-state index in [1.54, 1.807) is 0 Å². The van der Waals surface area contributed by atoms with Gasteiger partial charge in [-0.3, -0.25) is 9.69 Å². The lowest BCUT2D eigenvalue weighted by atomic mass is 10.1. The van der Waals surface area contributed by atoms with Crippen molar-refractivity contribution in [3.05, 3.63) is 59.7 Å². The van der Waals surface area contributed by atoms with Crippen molar-refractivity contribution in [1.82, 2.24) is 9.80 Å². The Bertz CT molecular complexity index is 904. The molecule has 0 spiro atoms. The van der Waals surface area contributed by atoms with Crippen molar-refractivity contribution in [3.8, 4) is 0 Å². The standard InChI is InChI=1S/C25H32N4O2/c1-2-27-15-17-28(18-16-27)24(30)19-20-10-12-22(13-11-20)26-25(31)29-14-6-5-8-21-7-3-4-9-23(21)29/h3-4,7,9-13H,2,5-6,8,14-19H2,1H3,(H,26,31). The number of hydrogen-bond acceptors (Lipinski definition) is 3. The number of anilines is 2. The van der Waals surface area contributed by atoms with Crippen molar-refractivity contribution in [2.45, 2.75) is 32.6 Å². The summed E-state index contributed by atoms with van der Waals surface area (Å²) in [6.07, 6.45) is 3.50. The molecule has 0 unspecified atom stereocenters. The topological polar surface area (TPSA) is 55.9 Å². The highest BCUT2D eigenvalue weighted by Crippen LogP contribution is 2.26. The van der Waals surface area contributed by atoms with E-state index in [0.717, 1.165) is 75.5 Å². The van der Waals surface area contributed by atoms with E-state index in [9.17, 15) is 9.59 Å². The Kier molecular flexibility index (Phi) is 6.87. The number of amides is 3. The molecule has 31 heavy (non-hydrogen) atoms. The molecule has 2 aromatic carbocycles. The normalized spacial score (nSPS) is 17.1. The number of nitrogens with one attached hydrogen (secondary N) is 1. The van der Waals surface area contributed by atoms with Gasteiger partial charge >= 0.3 is 6.03 Å². The molecular weight excluding hydrogens is 388 g/mol. The van der Waals surface area contributed by atoms with Crippen LogP contribution in [0.1, 0.15) is 30.9 Å². The molecule has 1 N–H and O–H groups in total. The van der Waals surface area contributed by atoms with E-state index in [0.29, 0.717) is 6.42 Å². The van der Waals surface area contributed by atoms with Crippen LogP contribution in [0.4, 0.5) is 16.2 Å². The van der Waals surface area contributed by atoms with Gasteiger partial charge in [0.05, 0.1) is 6.42 Å². The van der Waals surface area contributed by atoms with Crippen LogP contribution in [-0.4, -0.2) is 61.0 Å². The summed E-state index contributed by atoms with van der Waals surface area (Å²) in [6, 6.07) is 15.7. The summed E-state index contributed by atoms with van der Waals surface area (Å²) in [7, 11) is 0. The molecule has 0 bridgehead atoms. The molecule has 2 aliphatic rings. The maximum absolute atomic E-state index is 13.0. The van der Waals surface area contributed by atoms with Crippen LogP contribution >= 0.6 is 0 Å². The Morgan fingerprint density at radius 3 is 2.39 bits per heavy atom. The Labute approximate surface area is 184 Å². The summed E-state index contributed by atoms with van der Waals surface area (Å²) in [5, 5.41) is 3.02. The Balaban J connectivity index is 1.34. The van der Waals surface area contributed by atoms with Gasteiger partial charge in [0, 0.05) is 44.1 Å². The van der Waals surface area contributed by atoms with Gasteiger partial charge in [-0.15, -0.1) is 0 Å². The first-order valence-electron chi connectivity index (χ1n) is 11.4. The molecule has 2 aromatic rings. The number of piperazine rings is 1. The third kappa shape index (κ3) is 5.25. The van der Waals surface area contributed by atoms with E-state index >= 15 is 0 Å². The maximum atomic E-state index is 13.0. The van der Waals surface area contributed by atoms with Crippen molar-refractivity contribution in [2.24, 2.45) is 0 Å². The number of rotatable bonds is 4. The minimum absolute atomic E-state index is 0.105. The molecule has 0 radical (unpaired) electrons. The van der Waals surface area contributed by atoms with E-state index in [2.05, 4.69) is 23.2 Å². The van der Waals surface area contributed by atoms with Gasteiger partial charge in [-0.25, -0.2) is 4.79 Å². The fraction of sp³-hybridized carbons (Fsp3) is 0.440. The number of nitrogens with zero attached hydrogens (tertiary/aromatic N) is 3. The van der Waals surface area contributed by atoms with Crippen molar-refractivity contribution in [3.63, 3.8) is 0 Å². The Morgan fingerprint density at radius 1 is 0.903 bits per heavy atom. The molecule has 4 rings (SSSR count). The number of carbonyl (C=O) groups is 2. The minimum Gasteiger partial charge on any atom is -0.340 e. The van der Waals surface area contributed by atoms with Gasteiger partial charge in [0.15, 0.2) is 0 Å². The number of likely N-dealkylation sites (N-methyl/N-ethyl adjacent to an activating group) is 1. The highest BCUT2D eigenvalue weighted by atomic mass is 16.2. The van der Waals surface area contributed by atoms with Crippen LogP contribution in [0.5, 0.6) is 0 Å². The lowest BCUT2D eigenvalue weighted by Gasteiger charge is -2.34. The number of urea groups is 1. The SMILES string of the molecule is CCN1CCN(C(=O)Cc2ccc(NC(=O)N3CCCCc4ccccc43)cc2)CC1. The third-order valence-corrected chi connectivity index (χ3v) is 6.34. The highest BCUT2D eigenvalue weighted by molar-refractivity contribution is 6.02. The monoisotopic (exact) mass is 420 g/mol. The fourth-order valence-electron chi connectivity index (χ4n) is 4.40. The summed E-state index contributed by atoms with van der Waals surface area (Å²) in [4.78, 5) is 31.7. The zero-order chi connectivity index (χ0) is 21.6. The zero-order valence-corrected chi connectivity index (χ0v) is 18.3. The molecule has 0 saturated carbocycles. The van der Waals surface area contributed by atoms with Gasteiger partial charge in [-0.2, -0.15) is 0 Å². The predicted molar refractivity (Wildman–Crippen MR) is 125 cm³/mol. The maximum Gasteiger partial charge on any atom is 0.326 e. The van der Waals surface area contributed by atoms with Crippen molar-refractivity contribution >= 4 is 23.3 Å². The first-order valence-corrected chi connectivity index (χ1v) is 11.4. The smallest absolute Gasteiger partial charge is 0.326 e. The minimum atomic E-state index is -0.105. The summed E-state index contributed by atoms with van der Waals surface area (Å²) in [6.45, 7) is 7.43. The first kappa shape index (κ1) is 21.4. The fourth-order valence-corrected chi connectivity index (χ4v) is 4.40. The number of para-hydroxylation sites is 1. The molecule has 6 nitrogen and oxygen atoms in total. The third-order valence-electron chi connectivity index (χ3n) is 6.34. The number of carbonyl (C=O) groups excluding carboxylic acids is 2. The lowest BCUT2D eigenvalue weighted by molar-refractivity contribution is -0.132. The molecule has 0 atom stereocenters. The van der Waals surface area contributed by atoms with E-state index in [4.69, 9.17) is 0 Å². The van der Waals surface area contributed by atoms with Gasteiger partial charge in [-0.1, -0.05) is 37.3 Å². The van der Waals surface area contributed by atoms with E-state index < -0.39 is 0 Å². The molecule has 2 aliphatic heterocycles. The van der Waals surface area contributed by atoms with Crippen LogP contribution in [0.25, 0.3) is 0 Å². The van der Waals surface area contributed by atoms with Gasteiger partial charge < -0.3 is 15.1 Å². The van der Waals surface area contributed by atoms with Crippen LogP contribution < -0.4 is 10.2 Å². The molecule has 3 amide bonds. The molecule has 164 valence electrons. The number of hydrogen-bond donors (Lipinski definition) is 1. The van der Waals surface area contributed by atoms with Gasteiger partial charge in [-0.05, 0) is 55.1 Å². The van der Waals surface area contributed by atoms with Gasteiger partial charge in [0.25, 0.3) is 0 Å². The first-order chi connectivity index (χ1) is 15.1. The Hall–Kier alpha value is -2.86. The average molecular weight is 421 g/mol. The quantitative estimate of drug-likeness (QED) is 0.819. The molecule has 1 saturated heterocycles. The average Bonchev–Trinajstić information content (AvgIpc) is 3.03. The molecule has 0 aromatic heterocycles. The van der Waals surface area contributed by atoms with Crippen molar-refractivity contribution < 1.29 is 9.59 Å². The zero-order valence-electron chi connectivity index (χ0n) is 18.3. The van der Waals surface area contributed by atoms with Crippen LogP contribution in [0, 0.1) is 0 Å². The summed E-state index contributed by atoms with van der Waals surface area (Å²) in [5.74, 6) is 0.175. The molecule has 0 aliphatic carbocycles. The second kappa shape index (κ2) is 9.96. The summed E-state index contributed by atoms with van der Waals surface area (Å²) >= 11 is 0. The second-order valence-electron chi connectivity index (χ2n) is 8.36. The number of benzene rings is 2. The van der Waals surface area contributed by atoms with Crippen molar-refractivity contribution in [2.75, 3.05) is 49.5 Å². The largest absolute Gasteiger partial charge is 0.340 e. The molecule has 2 heterocycles.